The second-order valence-electron chi connectivity index (χ2n) is 5.08. The van der Waals surface area contributed by atoms with Gasteiger partial charge in [0.1, 0.15) is 0 Å². The van der Waals surface area contributed by atoms with Gasteiger partial charge in [0.25, 0.3) is 0 Å². The van der Waals surface area contributed by atoms with Crippen LogP contribution in [-0.4, -0.2) is 11.0 Å². The average molecular weight is 238 g/mol. The minimum atomic E-state index is 0.211. The van der Waals surface area contributed by atoms with Crippen molar-refractivity contribution in [2.24, 2.45) is 5.92 Å². The normalized spacial score (nSPS) is 23.6. The van der Waals surface area contributed by atoms with Crippen molar-refractivity contribution in [3.8, 4) is 0 Å². The summed E-state index contributed by atoms with van der Waals surface area (Å²) >= 11 is 0. The Balaban J connectivity index is 1.89. The Bertz CT molecular complexity index is 456. The van der Waals surface area contributed by atoms with Crippen LogP contribution in [0.1, 0.15) is 30.6 Å². The van der Waals surface area contributed by atoms with Gasteiger partial charge in [0.15, 0.2) is 0 Å². The molecule has 2 nitrogen and oxygen atoms in total. The molecular weight excluding hydrogens is 220 g/mol. The lowest BCUT2D eigenvalue weighted by atomic mass is 10.0. The molecule has 1 aromatic carbocycles. The van der Waals surface area contributed by atoms with Gasteiger partial charge in [-0.1, -0.05) is 43.3 Å². The van der Waals surface area contributed by atoms with Gasteiger partial charge in [-0.3, -0.25) is 4.98 Å². The lowest BCUT2D eigenvalue weighted by Gasteiger charge is -2.18. The molecule has 1 aliphatic carbocycles. The third-order valence-corrected chi connectivity index (χ3v) is 3.61. The van der Waals surface area contributed by atoms with Crippen LogP contribution in [0.15, 0.2) is 54.7 Å². The molecule has 2 heteroatoms. The van der Waals surface area contributed by atoms with Gasteiger partial charge in [-0.05, 0) is 30.0 Å². The van der Waals surface area contributed by atoms with Crippen LogP contribution in [0.4, 0.5) is 0 Å². The molecule has 3 atom stereocenters. The van der Waals surface area contributed by atoms with E-state index in [-0.39, 0.29) is 6.04 Å². The Morgan fingerprint density at radius 2 is 1.83 bits per heavy atom. The Labute approximate surface area is 108 Å². The molecule has 0 aliphatic heterocycles. The molecule has 0 spiro atoms. The van der Waals surface area contributed by atoms with Crippen LogP contribution in [0, 0.1) is 5.92 Å². The van der Waals surface area contributed by atoms with E-state index < -0.39 is 0 Å². The molecule has 0 amide bonds. The van der Waals surface area contributed by atoms with E-state index in [0.29, 0.717) is 6.04 Å². The van der Waals surface area contributed by atoms with E-state index in [1.54, 1.807) is 0 Å². The third kappa shape index (κ3) is 2.44. The molecule has 0 radical (unpaired) electrons. The topological polar surface area (TPSA) is 24.9 Å². The minimum Gasteiger partial charge on any atom is -0.302 e. The number of pyridine rings is 1. The summed E-state index contributed by atoms with van der Waals surface area (Å²) in [6, 6.07) is 17.5. The molecule has 3 unspecified atom stereocenters. The summed E-state index contributed by atoms with van der Waals surface area (Å²) in [5.74, 6) is 0.792. The van der Waals surface area contributed by atoms with Crippen molar-refractivity contribution in [1.82, 2.24) is 10.3 Å². The van der Waals surface area contributed by atoms with Gasteiger partial charge in [-0.2, -0.15) is 0 Å². The van der Waals surface area contributed by atoms with E-state index in [4.69, 9.17) is 0 Å². The van der Waals surface area contributed by atoms with E-state index in [1.165, 1.54) is 12.0 Å². The molecular formula is C16H18N2. The highest BCUT2D eigenvalue weighted by Gasteiger charge is 2.35. The smallest absolute Gasteiger partial charge is 0.0753 e. The summed E-state index contributed by atoms with van der Waals surface area (Å²) in [6.07, 6.45) is 3.14. The van der Waals surface area contributed by atoms with Crippen LogP contribution in [0.25, 0.3) is 0 Å². The van der Waals surface area contributed by atoms with Crippen LogP contribution in [-0.2, 0) is 0 Å². The summed E-state index contributed by atoms with van der Waals surface area (Å²) in [4.78, 5) is 4.50. The molecule has 0 bridgehead atoms. The highest BCUT2D eigenvalue weighted by Crippen LogP contribution is 2.33. The lowest BCUT2D eigenvalue weighted by Crippen LogP contribution is -2.26. The predicted octanol–water partition coefficient (Wildman–Crippen LogP) is 3.17. The first-order valence-electron chi connectivity index (χ1n) is 6.56. The van der Waals surface area contributed by atoms with Crippen molar-refractivity contribution in [2.75, 3.05) is 0 Å². The van der Waals surface area contributed by atoms with Crippen molar-refractivity contribution < 1.29 is 0 Å². The fraction of sp³-hybridized carbons (Fsp3) is 0.312. The number of benzene rings is 1. The zero-order valence-corrected chi connectivity index (χ0v) is 10.6. The number of nitrogens with one attached hydrogen (secondary N) is 1. The van der Waals surface area contributed by atoms with E-state index in [9.17, 15) is 0 Å². The maximum Gasteiger partial charge on any atom is 0.0753 e. The van der Waals surface area contributed by atoms with Gasteiger partial charge < -0.3 is 5.32 Å². The zero-order chi connectivity index (χ0) is 12.4. The highest BCUT2D eigenvalue weighted by atomic mass is 15.0. The number of nitrogens with zero attached hydrogens (tertiary/aromatic N) is 1. The predicted molar refractivity (Wildman–Crippen MR) is 73.2 cm³/mol. The van der Waals surface area contributed by atoms with Gasteiger partial charge >= 0.3 is 0 Å². The summed E-state index contributed by atoms with van der Waals surface area (Å²) in [5, 5.41) is 3.71. The minimum absolute atomic E-state index is 0.211. The number of rotatable bonds is 4. The Morgan fingerprint density at radius 1 is 1.11 bits per heavy atom. The largest absolute Gasteiger partial charge is 0.302 e. The number of hydrogen-bond donors (Lipinski definition) is 1. The molecule has 1 saturated carbocycles. The van der Waals surface area contributed by atoms with E-state index in [1.807, 2.05) is 12.3 Å². The van der Waals surface area contributed by atoms with Gasteiger partial charge in [-0.15, -0.1) is 0 Å². The monoisotopic (exact) mass is 238 g/mol. The standard InChI is InChI=1S/C16H18N2/c1-12-11-15(12)18-16(13-7-3-2-4-8-13)14-9-5-6-10-17-14/h2-10,12,15-16,18H,11H2,1H3. The molecule has 1 aromatic heterocycles. The van der Waals surface area contributed by atoms with Crippen LogP contribution >= 0.6 is 0 Å². The Kier molecular flexibility index (Phi) is 3.11. The summed E-state index contributed by atoms with van der Waals surface area (Å²) in [6.45, 7) is 2.29. The molecule has 1 fully saturated rings. The van der Waals surface area contributed by atoms with Crippen LogP contribution in [0.2, 0.25) is 0 Å². The van der Waals surface area contributed by atoms with E-state index >= 15 is 0 Å². The number of hydrogen-bond acceptors (Lipinski definition) is 2. The van der Waals surface area contributed by atoms with Crippen molar-refractivity contribution in [3.05, 3.63) is 66.0 Å². The first kappa shape index (κ1) is 11.4. The van der Waals surface area contributed by atoms with Crippen molar-refractivity contribution in [3.63, 3.8) is 0 Å². The number of aromatic nitrogens is 1. The van der Waals surface area contributed by atoms with Gasteiger partial charge in [0.05, 0.1) is 11.7 Å². The maximum absolute atomic E-state index is 4.50. The second-order valence-corrected chi connectivity index (χ2v) is 5.08. The molecule has 92 valence electrons. The Hall–Kier alpha value is -1.67. The summed E-state index contributed by atoms with van der Waals surface area (Å²) in [7, 11) is 0. The van der Waals surface area contributed by atoms with E-state index in [0.717, 1.165) is 11.6 Å². The zero-order valence-electron chi connectivity index (χ0n) is 10.6. The van der Waals surface area contributed by atoms with Crippen LogP contribution < -0.4 is 5.32 Å². The molecule has 2 aromatic rings. The van der Waals surface area contributed by atoms with Crippen molar-refractivity contribution in [2.45, 2.75) is 25.4 Å². The SMILES string of the molecule is CC1CC1NC(c1ccccc1)c1ccccn1. The maximum atomic E-state index is 4.50. The molecule has 18 heavy (non-hydrogen) atoms. The Morgan fingerprint density at radius 3 is 2.44 bits per heavy atom. The summed E-state index contributed by atoms with van der Waals surface area (Å²) in [5.41, 5.74) is 2.39. The van der Waals surface area contributed by atoms with Gasteiger partial charge in [-0.25, -0.2) is 0 Å². The van der Waals surface area contributed by atoms with E-state index in [2.05, 4.69) is 59.7 Å². The second kappa shape index (κ2) is 4.91. The third-order valence-electron chi connectivity index (χ3n) is 3.61. The molecule has 1 aliphatic rings. The average Bonchev–Trinajstić information content (AvgIpc) is 3.14. The first-order chi connectivity index (χ1) is 8.84. The van der Waals surface area contributed by atoms with Crippen molar-refractivity contribution in [1.29, 1.82) is 0 Å². The van der Waals surface area contributed by atoms with Gasteiger partial charge in [0.2, 0.25) is 0 Å². The van der Waals surface area contributed by atoms with Crippen molar-refractivity contribution >= 4 is 0 Å². The lowest BCUT2D eigenvalue weighted by molar-refractivity contribution is 0.567. The molecule has 3 rings (SSSR count). The first-order valence-corrected chi connectivity index (χ1v) is 6.56. The molecule has 1 N–H and O–H groups in total. The fourth-order valence-electron chi connectivity index (χ4n) is 2.31. The molecule has 0 saturated heterocycles. The summed E-state index contributed by atoms with van der Waals surface area (Å²) < 4.78 is 0. The highest BCUT2D eigenvalue weighted by molar-refractivity contribution is 5.28. The van der Waals surface area contributed by atoms with Crippen LogP contribution in [0.5, 0.6) is 0 Å². The van der Waals surface area contributed by atoms with Crippen LogP contribution in [0.3, 0.4) is 0 Å². The van der Waals surface area contributed by atoms with Gasteiger partial charge in [0, 0.05) is 12.2 Å². The fourth-order valence-corrected chi connectivity index (χ4v) is 2.31. The molecule has 1 heterocycles. The quantitative estimate of drug-likeness (QED) is 0.885.